The molecule has 21 heavy (non-hydrogen) atoms. The molecule has 1 saturated carbocycles. The molecule has 0 aliphatic heterocycles. The summed E-state index contributed by atoms with van der Waals surface area (Å²) in [6.45, 7) is 1.42. The Labute approximate surface area is 121 Å². The van der Waals surface area contributed by atoms with E-state index in [9.17, 15) is 23.5 Å². The molecule has 0 atom stereocenters. The Morgan fingerprint density at radius 3 is 2.33 bits per heavy atom. The highest BCUT2D eigenvalue weighted by Gasteiger charge is 2.41. The number of aryl methyl sites for hydroxylation is 1. The fourth-order valence-corrected chi connectivity index (χ4v) is 2.66. The number of aliphatic carboxylic acids is 1. The van der Waals surface area contributed by atoms with E-state index < -0.39 is 29.0 Å². The van der Waals surface area contributed by atoms with Crippen molar-refractivity contribution in [3.8, 4) is 0 Å². The molecule has 0 heterocycles. The van der Waals surface area contributed by atoms with Gasteiger partial charge in [-0.2, -0.15) is 0 Å². The summed E-state index contributed by atoms with van der Waals surface area (Å²) in [5.41, 5.74) is -1.56. The van der Waals surface area contributed by atoms with E-state index in [1.807, 2.05) is 0 Å². The van der Waals surface area contributed by atoms with Gasteiger partial charge in [0.2, 0.25) is 0 Å². The number of carboxylic acid groups (broad SMARTS) is 1. The SMILES string of the molecule is Cc1cc(C(=O)NC2(C(=O)O)CCCCC2)c(F)cc1F. The maximum absolute atomic E-state index is 13.7. The Kier molecular flexibility index (Phi) is 4.25. The average molecular weight is 297 g/mol. The minimum atomic E-state index is -1.36. The number of halogens is 2. The van der Waals surface area contributed by atoms with Crippen LogP contribution in [-0.2, 0) is 4.79 Å². The lowest BCUT2D eigenvalue weighted by atomic mass is 9.81. The summed E-state index contributed by atoms with van der Waals surface area (Å²) in [6.07, 6.45) is 2.93. The highest BCUT2D eigenvalue weighted by molar-refractivity contribution is 5.98. The molecule has 1 aromatic carbocycles. The van der Waals surface area contributed by atoms with Gasteiger partial charge in [0, 0.05) is 6.07 Å². The lowest BCUT2D eigenvalue weighted by Gasteiger charge is -2.34. The number of carbonyl (C=O) groups is 2. The first-order valence-corrected chi connectivity index (χ1v) is 6.87. The van der Waals surface area contributed by atoms with Gasteiger partial charge in [-0.15, -0.1) is 0 Å². The molecule has 6 heteroatoms. The van der Waals surface area contributed by atoms with Crippen LogP contribution in [0.4, 0.5) is 8.78 Å². The summed E-state index contributed by atoms with van der Waals surface area (Å²) in [5, 5.41) is 11.8. The first-order chi connectivity index (χ1) is 9.85. The summed E-state index contributed by atoms with van der Waals surface area (Å²) in [4.78, 5) is 23.7. The summed E-state index contributed by atoms with van der Waals surface area (Å²) >= 11 is 0. The summed E-state index contributed by atoms with van der Waals surface area (Å²) in [6, 6.07) is 1.73. The van der Waals surface area contributed by atoms with Gasteiger partial charge in [-0.3, -0.25) is 4.79 Å². The predicted molar refractivity (Wildman–Crippen MR) is 72.0 cm³/mol. The summed E-state index contributed by atoms with van der Waals surface area (Å²) in [7, 11) is 0. The van der Waals surface area contributed by atoms with E-state index in [2.05, 4.69) is 5.32 Å². The van der Waals surface area contributed by atoms with E-state index in [4.69, 9.17) is 0 Å². The van der Waals surface area contributed by atoms with Crippen LogP contribution in [0.15, 0.2) is 12.1 Å². The number of carboxylic acids is 1. The summed E-state index contributed by atoms with van der Waals surface area (Å²) < 4.78 is 26.9. The van der Waals surface area contributed by atoms with Crippen LogP contribution in [0.5, 0.6) is 0 Å². The third-order valence-corrected chi connectivity index (χ3v) is 3.96. The molecule has 2 rings (SSSR count). The fraction of sp³-hybridized carbons (Fsp3) is 0.467. The van der Waals surface area contributed by atoms with Crippen molar-refractivity contribution in [1.29, 1.82) is 0 Å². The largest absolute Gasteiger partial charge is 0.480 e. The number of amides is 1. The highest BCUT2D eigenvalue weighted by atomic mass is 19.1. The lowest BCUT2D eigenvalue weighted by molar-refractivity contribution is -0.145. The van der Waals surface area contributed by atoms with Gasteiger partial charge in [-0.25, -0.2) is 13.6 Å². The van der Waals surface area contributed by atoms with Crippen LogP contribution in [0.1, 0.15) is 48.0 Å². The zero-order chi connectivity index (χ0) is 15.6. The van der Waals surface area contributed by atoms with Crippen molar-refractivity contribution >= 4 is 11.9 Å². The van der Waals surface area contributed by atoms with Crippen molar-refractivity contribution < 1.29 is 23.5 Å². The van der Waals surface area contributed by atoms with E-state index in [0.29, 0.717) is 31.7 Å². The van der Waals surface area contributed by atoms with Crippen molar-refractivity contribution in [2.45, 2.75) is 44.6 Å². The second kappa shape index (κ2) is 5.79. The molecule has 1 fully saturated rings. The van der Waals surface area contributed by atoms with Gasteiger partial charge in [0.25, 0.3) is 5.91 Å². The zero-order valence-corrected chi connectivity index (χ0v) is 11.7. The molecule has 0 unspecified atom stereocenters. The van der Waals surface area contributed by atoms with Crippen molar-refractivity contribution in [2.24, 2.45) is 0 Å². The minimum absolute atomic E-state index is 0.134. The molecular formula is C15H17F2NO3. The van der Waals surface area contributed by atoms with Gasteiger partial charge in [0.05, 0.1) is 5.56 Å². The molecular weight excluding hydrogens is 280 g/mol. The Morgan fingerprint density at radius 1 is 1.14 bits per heavy atom. The first-order valence-electron chi connectivity index (χ1n) is 6.87. The standard InChI is InChI=1S/C15H17F2NO3/c1-9-7-10(12(17)8-11(9)16)13(19)18-15(14(20)21)5-3-2-4-6-15/h7-8H,2-6H2,1H3,(H,18,19)(H,20,21). The van der Waals surface area contributed by atoms with Crippen molar-refractivity contribution in [2.75, 3.05) is 0 Å². The molecule has 0 radical (unpaired) electrons. The van der Waals surface area contributed by atoms with Gasteiger partial charge in [0.15, 0.2) is 0 Å². The number of carbonyl (C=O) groups excluding carboxylic acids is 1. The Balaban J connectivity index is 2.28. The quantitative estimate of drug-likeness (QED) is 0.901. The zero-order valence-electron chi connectivity index (χ0n) is 11.7. The van der Waals surface area contributed by atoms with Crippen molar-refractivity contribution in [3.05, 3.63) is 34.9 Å². The van der Waals surface area contributed by atoms with Gasteiger partial charge in [-0.05, 0) is 31.4 Å². The molecule has 1 amide bonds. The topological polar surface area (TPSA) is 66.4 Å². The molecule has 1 aromatic rings. The van der Waals surface area contributed by atoms with Crippen LogP contribution in [0.3, 0.4) is 0 Å². The van der Waals surface area contributed by atoms with Crippen LogP contribution in [0, 0.1) is 18.6 Å². The normalized spacial score (nSPS) is 17.3. The van der Waals surface area contributed by atoms with Crippen molar-refractivity contribution in [1.82, 2.24) is 5.32 Å². The Morgan fingerprint density at radius 2 is 1.76 bits per heavy atom. The number of hydrogen-bond donors (Lipinski definition) is 2. The van der Waals surface area contributed by atoms with E-state index in [0.717, 1.165) is 12.5 Å². The molecule has 1 aliphatic rings. The van der Waals surface area contributed by atoms with Gasteiger partial charge < -0.3 is 10.4 Å². The monoisotopic (exact) mass is 297 g/mol. The molecule has 0 bridgehead atoms. The smallest absolute Gasteiger partial charge is 0.329 e. The van der Waals surface area contributed by atoms with E-state index in [1.165, 1.54) is 6.92 Å². The molecule has 4 nitrogen and oxygen atoms in total. The number of rotatable bonds is 3. The maximum atomic E-state index is 13.7. The van der Waals surface area contributed by atoms with Crippen LogP contribution >= 0.6 is 0 Å². The molecule has 0 spiro atoms. The number of hydrogen-bond acceptors (Lipinski definition) is 2. The number of benzene rings is 1. The number of nitrogens with one attached hydrogen (secondary N) is 1. The lowest BCUT2D eigenvalue weighted by Crippen LogP contribution is -2.55. The second-order valence-corrected chi connectivity index (χ2v) is 5.48. The fourth-order valence-electron chi connectivity index (χ4n) is 2.66. The van der Waals surface area contributed by atoms with E-state index in [1.54, 1.807) is 0 Å². The third-order valence-electron chi connectivity index (χ3n) is 3.96. The predicted octanol–water partition coefficient (Wildman–Crippen LogP) is 2.79. The van der Waals surface area contributed by atoms with E-state index in [-0.39, 0.29) is 11.1 Å². The Hall–Kier alpha value is -1.98. The highest BCUT2D eigenvalue weighted by Crippen LogP contribution is 2.29. The third kappa shape index (κ3) is 3.04. The van der Waals surface area contributed by atoms with Gasteiger partial charge in [0.1, 0.15) is 17.2 Å². The average Bonchev–Trinajstić information content (AvgIpc) is 2.43. The van der Waals surface area contributed by atoms with Crippen molar-refractivity contribution in [3.63, 3.8) is 0 Å². The van der Waals surface area contributed by atoms with Gasteiger partial charge >= 0.3 is 5.97 Å². The molecule has 0 aromatic heterocycles. The second-order valence-electron chi connectivity index (χ2n) is 5.48. The molecule has 0 saturated heterocycles. The van der Waals surface area contributed by atoms with E-state index >= 15 is 0 Å². The maximum Gasteiger partial charge on any atom is 0.329 e. The minimum Gasteiger partial charge on any atom is -0.480 e. The Bertz CT molecular complexity index is 581. The molecule has 2 N–H and O–H groups in total. The van der Waals surface area contributed by atoms with Crippen LogP contribution < -0.4 is 5.32 Å². The van der Waals surface area contributed by atoms with Crippen LogP contribution in [-0.4, -0.2) is 22.5 Å². The molecule has 114 valence electrons. The van der Waals surface area contributed by atoms with Crippen LogP contribution in [0.2, 0.25) is 0 Å². The van der Waals surface area contributed by atoms with Crippen LogP contribution in [0.25, 0.3) is 0 Å². The molecule has 1 aliphatic carbocycles. The van der Waals surface area contributed by atoms with Gasteiger partial charge in [-0.1, -0.05) is 19.3 Å². The summed E-state index contributed by atoms with van der Waals surface area (Å²) in [5.74, 6) is -3.67. The first kappa shape index (κ1) is 15.4.